The third-order valence-corrected chi connectivity index (χ3v) is 3.46. The van der Waals surface area contributed by atoms with Gasteiger partial charge in [-0.05, 0) is 12.5 Å². The third-order valence-electron chi connectivity index (χ3n) is 3.46. The number of hydrogen-bond acceptors (Lipinski definition) is 3. The molecule has 6 heteroatoms. The maximum Gasteiger partial charge on any atom is 0.326 e. The molecule has 6 nitrogen and oxygen atoms in total. The zero-order valence-corrected chi connectivity index (χ0v) is 11.2. The molecule has 1 aliphatic rings. The van der Waals surface area contributed by atoms with Crippen LogP contribution in [0, 0.1) is 0 Å². The number of carbonyl (C=O) groups is 2. The van der Waals surface area contributed by atoms with E-state index in [1.807, 2.05) is 37.3 Å². The van der Waals surface area contributed by atoms with Crippen LogP contribution in [-0.2, 0) is 4.79 Å². The van der Waals surface area contributed by atoms with Crippen LogP contribution in [0.5, 0.6) is 0 Å². The van der Waals surface area contributed by atoms with Crippen LogP contribution >= 0.6 is 0 Å². The topological polar surface area (TPSA) is 89.9 Å². The molecule has 3 atom stereocenters. The van der Waals surface area contributed by atoms with Crippen LogP contribution in [-0.4, -0.2) is 45.8 Å². The summed E-state index contributed by atoms with van der Waals surface area (Å²) in [4.78, 5) is 24.4. The Labute approximate surface area is 117 Å². The quantitative estimate of drug-likeness (QED) is 0.768. The molecule has 0 saturated carbocycles. The van der Waals surface area contributed by atoms with Crippen molar-refractivity contribution in [1.82, 2.24) is 10.2 Å². The molecule has 1 aliphatic heterocycles. The lowest BCUT2D eigenvalue weighted by molar-refractivity contribution is -0.141. The van der Waals surface area contributed by atoms with Gasteiger partial charge in [-0.25, -0.2) is 9.59 Å². The first-order chi connectivity index (χ1) is 9.49. The second kappa shape index (κ2) is 5.92. The van der Waals surface area contributed by atoms with Crippen LogP contribution in [0.3, 0.4) is 0 Å². The molecule has 0 aliphatic carbocycles. The van der Waals surface area contributed by atoms with E-state index in [2.05, 4.69) is 5.32 Å². The zero-order valence-electron chi connectivity index (χ0n) is 11.2. The van der Waals surface area contributed by atoms with E-state index in [0.717, 1.165) is 5.56 Å². The van der Waals surface area contributed by atoms with E-state index in [4.69, 9.17) is 5.11 Å². The Morgan fingerprint density at radius 2 is 2.00 bits per heavy atom. The minimum Gasteiger partial charge on any atom is -0.480 e. The van der Waals surface area contributed by atoms with Gasteiger partial charge in [0.05, 0.1) is 12.1 Å². The summed E-state index contributed by atoms with van der Waals surface area (Å²) in [5.41, 5.74) is 0.937. The van der Waals surface area contributed by atoms with Crippen molar-refractivity contribution in [3.8, 4) is 0 Å². The molecule has 0 radical (unpaired) electrons. The van der Waals surface area contributed by atoms with E-state index in [9.17, 15) is 14.7 Å². The number of β-amino-alcohol motifs (C(OH)–C–C–N with tert-alkyl or cyclic N) is 1. The molecule has 1 saturated heterocycles. The Hall–Kier alpha value is -2.08. The second-order valence-electron chi connectivity index (χ2n) is 4.98. The highest BCUT2D eigenvalue weighted by molar-refractivity contribution is 5.83. The molecule has 108 valence electrons. The Morgan fingerprint density at radius 3 is 2.60 bits per heavy atom. The molecule has 2 rings (SSSR count). The fraction of sp³-hybridized carbons (Fsp3) is 0.429. The predicted molar refractivity (Wildman–Crippen MR) is 72.1 cm³/mol. The zero-order chi connectivity index (χ0) is 14.7. The Kier molecular flexibility index (Phi) is 4.24. The van der Waals surface area contributed by atoms with E-state index >= 15 is 0 Å². The Morgan fingerprint density at radius 1 is 1.35 bits per heavy atom. The summed E-state index contributed by atoms with van der Waals surface area (Å²) in [6.07, 6.45) is -0.712. The first kappa shape index (κ1) is 14.3. The summed E-state index contributed by atoms with van der Waals surface area (Å²) in [6.45, 7) is 1.87. The third kappa shape index (κ3) is 3.08. The summed E-state index contributed by atoms with van der Waals surface area (Å²) in [7, 11) is 0. The number of carboxylic acids is 1. The smallest absolute Gasteiger partial charge is 0.326 e. The molecule has 1 fully saturated rings. The molecule has 1 heterocycles. The predicted octanol–water partition coefficient (Wildman–Crippen LogP) is 0.977. The Bertz CT molecular complexity index is 491. The molecule has 2 amide bonds. The lowest BCUT2D eigenvalue weighted by atomic mass is 10.1. The largest absolute Gasteiger partial charge is 0.480 e. The standard InChI is InChI=1S/C14H18N2O4/c1-9(10-5-3-2-4-6-10)15-14(20)16-8-11(17)7-12(16)13(18)19/h2-6,9,11-12,17H,7-8H2,1H3,(H,15,20)(H,18,19)/t9?,11-,12-/m1/s1. The highest BCUT2D eigenvalue weighted by Crippen LogP contribution is 2.19. The van der Waals surface area contributed by atoms with Crippen molar-refractivity contribution in [2.75, 3.05) is 6.54 Å². The van der Waals surface area contributed by atoms with Crippen molar-refractivity contribution in [2.45, 2.75) is 31.5 Å². The number of hydrogen-bond donors (Lipinski definition) is 3. The molecule has 0 bridgehead atoms. The number of aliphatic hydroxyl groups is 1. The van der Waals surface area contributed by atoms with E-state index in [1.54, 1.807) is 0 Å². The number of likely N-dealkylation sites (tertiary alicyclic amines) is 1. The number of nitrogens with zero attached hydrogens (tertiary/aromatic N) is 1. The first-order valence-corrected chi connectivity index (χ1v) is 6.52. The maximum atomic E-state index is 12.1. The van der Waals surface area contributed by atoms with Crippen molar-refractivity contribution in [1.29, 1.82) is 0 Å². The van der Waals surface area contributed by atoms with Gasteiger partial charge in [0.15, 0.2) is 0 Å². The molecule has 3 N–H and O–H groups in total. The van der Waals surface area contributed by atoms with E-state index in [0.29, 0.717) is 0 Å². The van der Waals surface area contributed by atoms with Gasteiger partial charge in [0, 0.05) is 13.0 Å². The van der Waals surface area contributed by atoms with Crippen molar-refractivity contribution >= 4 is 12.0 Å². The molecule has 1 aromatic carbocycles. The Balaban J connectivity index is 2.02. The number of rotatable bonds is 3. The van der Waals surface area contributed by atoms with Crippen molar-refractivity contribution in [3.05, 3.63) is 35.9 Å². The monoisotopic (exact) mass is 278 g/mol. The van der Waals surface area contributed by atoms with Crippen LogP contribution in [0.2, 0.25) is 0 Å². The number of aliphatic hydroxyl groups excluding tert-OH is 1. The molecule has 1 aromatic rings. The summed E-state index contributed by atoms with van der Waals surface area (Å²) in [5, 5.41) is 21.4. The van der Waals surface area contributed by atoms with E-state index in [1.165, 1.54) is 4.90 Å². The number of carboxylic acid groups (broad SMARTS) is 1. The van der Waals surface area contributed by atoms with Gasteiger partial charge in [-0.3, -0.25) is 0 Å². The lowest BCUT2D eigenvalue weighted by Crippen LogP contribution is -2.46. The van der Waals surface area contributed by atoms with Crippen molar-refractivity contribution in [3.63, 3.8) is 0 Å². The molecule has 0 aromatic heterocycles. The fourth-order valence-electron chi connectivity index (χ4n) is 2.37. The minimum atomic E-state index is -1.09. The summed E-state index contributed by atoms with van der Waals surface area (Å²) in [5.74, 6) is -1.09. The number of benzene rings is 1. The van der Waals surface area contributed by atoms with E-state index < -0.39 is 24.1 Å². The number of amides is 2. The number of nitrogens with one attached hydrogen (secondary N) is 1. The highest BCUT2D eigenvalue weighted by atomic mass is 16.4. The van der Waals surface area contributed by atoms with Crippen LogP contribution in [0.4, 0.5) is 4.79 Å². The van der Waals surface area contributed by atoms with Crippen LogP contribution in [0.25, 0.3) is 0 Å². The SMILES string of the molecule is CC(NC(=O)N1C[C@H](O)C[C@@H]1C(=O)O)c1ccccc1. The summed E-state index contributed by atoms with van der Waals surface area (Å²) >= 11 is 0. The van der Waals surface area contributed by atoms with Crippen LogP contribution < -0.4 is 5.32 Å². The lowest BCUT2D eigenvalue weighted by Gasteiger charge is -2.24. The van der Waals surface area contributed by atoms with Crippen LogP contribution in [0.15, 0.2) is 30.3 Å². The summed E-state index contributed by atoms with van der Waals surface area (Å²) in [6, 6.07) is 7.75. The number of aliphatic carboxylic acids is 1. The van der Waals surface area contributed by atoms with Gasteiger partial charge in [0.25, 0.3) is 0 Å². The van der Waals surface area contributed by atoms with Gasteiger partial charge in [-0.1, -0.05) is 30.3 Å². The fourth-order valence-corrected chi connectivity index (χ4v) is 2.37. The molecular weight excluding hydrogens is 260 g/mol. The highest BCUT2D eigenvalue weighted by Gasteiger charge is 2.39. The normalized spacial score (nSPS) is 23.4. The molecule has 1 unspecified atom stereocenters. The van der Waals surface area contributed by atoms with Gasteiger partial charge in [0.2, 0.25) is 0 Å². The second-order valence-corrected chi connectivity index (χ2v) is 4.98. The first-order valence-electron chi connectivity index (χ1n) is 6.52. The van der Waals surface area contributed by atoms with Gasteiger partial charge in [0.1, 0.15) is 6.04 Å². The van der Waals surface area contributed by atoms with Crippen molar-refractivity contribution < 1.29 is 19.8 Å². The number of urea groups is 1. The van der Waals surface area contributed by atoms with Crippen LogP contribution in [0.1, 0.15) is 24.9 Å². The summed E-state index contributed by atoms with van der Waals surface area (Å²) < 4.78 is 0. The van der Waals surface area contributed by atoms with Gasteiger partial charge < -0.3 is 20.4 Å². The molecular formula is C14H18N2O4. The van der Waals surface area contributed by atoms with Gasteiger partial charge in [-0.2, -0.15) is 0 Å². The van der Waals surface area contributed by atoms with Gasteiger partial charge >= 0.3 is 12.0 Å². The average molecular weight is 278 g/mol. The van der Waals surface area contributed by atoms with Crippen molar-refractivity contribution in [2.24, 2.45) is 0 Å². The minimum absolute atomic E-state index is 0.0459. The maximum absolute atomic E-state index is 12.1. The number of carbonyl (C=O) groups excluding carboxylic acids is 1. The molecule has 0 spiro atoms. The van der Waals surface area contributed by atoms with E-state index in [-0.39, 0.29) is 19.0 Å². The average Bonchev–Trinajstić information content (AvgIpc) is 2.82. The molecule has 20 heavy (non-hydrogen) atoms. The van der Waals surface area contributed by atoms with Gasteiger partial charge in [-0.15, -0.1) is 0 Å².